The molecule has 1 atom stereocenters. The molecule has 180 valence electrons. The van der Waals surface area contributed by atoms with Crippen LogP contribution in [0.3, 0.4) is 0 Å². The molecule has 2 aromatic carbocycles. The van der Waals surface area contributed by atoms with Crippen molar-refractivity contribution in [2.24, 2.45) is 0 Å². The Hall–Kier alpha value is -3.37. The number of aryl methyl sites for hydroxylation is 1. The highest BCUT2D eigenvalue weighted by Crippen LogP contribution is 2.18. The molecule has 1 heterocycles. The van der Waals surface area contributed by atoms with Gasteiger partial charge in [0.1, 0.15) is 17.3 Å². The number of sulfone groups is 1. The summed E-state index contributed by atoms with van der Waals surface area (Å²) in [5, 5.41) is 5.30. The molecule has 0 aliphatic rings. The summed E-state index contributed by atoms with van der Waals surface area (Å²) in [7, 11) is -1.89. The van der Waals surface area contributed by atoms with Gasteiger partial charge in [0.15, 0.2) is 9.84 Å². The van der Waals surface area contributed by atoms with Gasteiger partial charge in [-0.15, -0.1) is 0 Å². The van der Waals surface area contributed by atoms with Crippen molar-refractivity contribution in [3.63, 3.8) is 0 Å². The van der Waals surface area contributed by atoms with E-state index in [4.69, 9.17) is 0 Å². The fourth-order valence-electron chi connectivity index (χ4n) is 3.24. The molecule has 0 aliphatic carbocycles. The zero-order valence-corrected chi connectivity index (χ0v) is 19.8. The predicted octanol–water partition coefficient (Wildman–Crippen LogP) is 2.25. The topological polar surface area (TPSA) is 110 Å². The summed E-state index contributed by atoms with van der Waals surface area (Å²) < 4.78 is 40.0. The number of likely N-dealkylation sites (N-methyl/N-ethyl adjacent to an activating group) is 1. The molecule has 10 heteroatoms. The number of hydrogen-bond acceptors (Lipinski definition) is 6. The average Bonchev–Trinajstić information content (AvgIpc) is 2.84. The molecule has 3 aromatic rings. The first-order valence-corrected chi connectivity index (χ1v) is 12.6. The number of nitrogens with zero attached hydrogens (tertiary/aromatic N) is 2. The van der Waals surface area contributed by atoms with E-state index in [0.29, 0.717) is 12.0 Å². The number of amides is 1. The van der Waals surface area contributed by atoms with E-state index in [1.807, 2.05) is 30.3 Å². The minimum atomic E-state index is -3.50. The van der Waals surface area contributed by atoms with Gasteiger partial charge in [0, 0.05) is 12.1 Å². The van der Waals surface area contributed by atoms with Crippen LogP contribution in [-0.4, -0.2) is 48.5 Å². The van der Waals surface area contributed by atoms with Crippen LogP contribution in [0, 0.1) is 5.82 Å². The highest BCUT2D eigenvalue weighted by molar-refractivity contribution is 7.91. The lowest BCUT2D eigenvalue weighted by Crippen LogP contribution is -2.38. The maximum Gasteiger partial charge on any atom is 0.277 e. The van der Waals surface area contributed by atoms with Crippen molar-refractivity contribution in [2.45, 2.75) is 25.9 Å². The third-order valence-corrected chi connectivity index (χ3v) is 7.03. The van der Waals surface area contributed by atoms with Crippen LogP contribution in [0.1, 0.15) is 12.5 Å². The maximum absolute atomic E-state index is 13.4. The average molecular weight is 487 g/mol. The summed E-state index contributed by atoms with van der Waals surface area (Å²) in [6, 6.07) is 14.1. The number of nitrogens with one attached hydrogen (secondary N) is 2. The van der Waals surface area contributed by atoms with Gasteiger partial charge in [0.05, 0.1) is 23.7 Å². The Bertz CT molecular complexity index is 1290. The van der Waals surface area contributed by atoms with Crippen LogP contribution in [0.5, 0.6) is 0 Å². The first kappa shape index (κ1) is 25.3. The predicted molar refractivity (Wildman–Crippen MR) is 130 cm³/mol. The zero-order chi connectivity index (χ0) is 24.7. The van der Waals surface area contributed by atoms with Crippen LogP contribution in [0.2, 0.25) is 0 Å². The summed E-state index contributed by atoms with van der Waals surface area (Å²) >= 11 is 0. The summed E-state index contributed by atoms with van der Waals surface area (Å²) in [5.41, 5.74) is 0.686. The second kappa shape index (κ2) is 11.2. The summed E-state index contributed by atoms with van der Waals surface area (Å²) in [6.07, 6.45) is 1.58. The largest absolute Gasteiger partial charge is 0.319 e. The lowest BCUT2D eigenvalue weighted by Gasteiger charge is -2.16. The summed E-state index contributed by atoms with van der Waals surface area (Å²) in [5.74, 6) is -1.06. The molecule has 2 N–H and O–H groups in total. The number of rotatable bonds is 10. The number of aromatic nitrogens is 2. The number of carbonyl (C=O) groups excluding carboxylic acids is 1. The summed E-state index contributed by atoms with van der Waals surface area (Å²) in [4.78, 5) is 29.7. The Morgan fingerprint density at radius 3 is 2.41 bits per heavy atom. The molecule has 0 bridgehead atoms. The van der Waals surface area contributed by atoms with E-state index in [1.54, 1.807) is 14.0 Å². The van der Waals surface area contributed by atoms with E-state index < -0.39 is 33.2 Å². The lowest BCUT2D eigenvalue weighted by atomic mass is 10.2. The Morgan fingerprint density at radius 2 is 1.76 bits per heavy atom. The molecule has 3 rings (SSSR count). The first-order chi connectivity index (χ1) is 16.2. The van der Waals surface area contributed by atoms with Crippen molar-refractivity contribution < 1.29 is 17.6 Å². The van der Waals surface area contributed by atoms with Crippen LogP contribution in [-0.2, 0) is 27.6 Å². The zero-order valence-electron chi connectivity index (χ0n) is 19.0. The number of hydrogen-bond donors (Lipinski definition) is 2. The highest BCUT2D eigenvalue weighted by Gasteiger charge is 2.19. The Balaban J connectivity index is 1.88. The Labute approximate surface area is 197 Å². The smallest absolute Gasteiger partial charge is 0.277 e. The van der Waals surface area contributed by atoms with Gasteiger partial charge in [0.2, 0.25) is 5.91 Å². The third kappa shape index (κ3) is 6.58. The van der Waals surface area contributed by atoms with Gasteiger partial charge < -0.3 is 10.6 Å². The highest BCUT2D eigenvalue weighted by atomic mass is 32.2. The molecule has 0 spiro atoms. The van der Waals surface area contributed by atoms with Gasteiger partial charge >= 0.3 is 0 Å². The van der Waals surface area contributed by atoms with Crippen molar-refractivity contribution in [1.29, 1.82) is 0 Å². The van der Waals surface area contributed by atoms with Gasteiger partial charge in [-0.2, -0.15) is 0 Å². The van der Waals surface area contributed by atoms with Gasteiger partial charge in [-0.25, -0.2) is 17.8 Å². The van der Waals surface area contributed by atoms with E-state index in [0.717, 1.165) is 5.56 Å². The second-order valence-electron chi connectivity index (χ2n) is 7.85. The minimum Gasteiger partial charge on any atom is -0.319 e. The third-order valence-electron chi connectivity index (χ3n) is 5.40. The number of anilines is 1. The lowest BCUT2D eigenvalue weighted by molar-refractivity contribution is -0.117. The Kier molecular flexibility index (Phi) is 8.30. The van der Waals surface area contributed by atoms with E-state index in [9.17, 15) is 22.4 Å². The number of carbonyl (C=O) groups is 1. The van der Waals surface area contributed by atoms with E-state index in [2.05, 4.69) is 15.6 Å². The SMILES string of the molecule is CNC(C)C(=O)Nc1cnc(-c2ccc(F)cc2)n(CCS(=O)(=O)CCc2ccccc2)c1=O. The van der Waals surface area contributed by atoms with E-state index in [1.165, 1.54) is 35.0 Å². The number of benzene rings is 2. The molecule has 1 amide bonds. The van der Waals surface area contributed by atoms with Crippen LogP contribution in [0.25, 0.3) is 11.4 Å². The van der Waals surface area contributed by atoms with E-state index in [-0.39, 0.29) is 29.6 Å². The summed E-state index contributed by atoms with van der Waals surface area (Å²) in [6.45, 7) is 1.47. The Morgan fingerprint density at radius 1 is 1.09 bits per heavy atom. The van der Waals surface area contributed by atoms with Gasteiger partial charge in [-0.1, -0.05) is 30.3 Å². The normalized spacial score (nSPS) is 12.3. The van der Waals surface area contributed by atoms with Gasteiger partial charge in [0.25, 0.3) is 5.56 Å². The van der Waals surface area contributed by atoms with Crippen LogP contribution in [0.15, 0.2) is 65.6 Å². The second-order valence-corrected chi connectivity index (χ2v) is 10.1. The monoisotopic (exact) mass is 486 g/mol. The fraction of sp³-hybridized carbons (Fsp3) is 0.292. The first-order valence-electron chi connectivity index (χ1n) is 10.8. The number of halogens is 1. The van der Waals surface area contributed by atoms with Crippen LogP contribution < -0.4 is 16.2 Å². The van der Waals surface area contributed by atoms with Crippen molar-refractivity contribution in [3.8, 4) is 11.4 Å². The van der Waals surface area contributed by atoms with Crippen molar-refractivity contribution in [3.05, 3.63) is 82.5 Å². The minimum absolute atomic E-state index is 0.0683. The maximum atomic E-state index is 13.4. The molecule has 1 aromatic heterocycles. The molecule has 34 heavy (non-hydrogen) atoms. The van der Waals surface area contributed by atoms with E-state index >= 15 is 0 Å². The van der Waals surface area contributed by atoms with Crippen molar-refractivity contribution in [1.82, 2.24) is 14.9 Å². The van der Waals surface area contributed by atoms with Crippen molar-refractivity contribution >= 4 is 21.4 Å². The molecule has 8 nitrogen and oxygen atoms in total. The molecular weight excluding hydrogens is 459 g/mol. The standard InChI is InChI=1S/C24H27FN4O4S/c1-17(26-2)23(30)28-21-16-27-22(19-8-10-20(25)11-9-19)29(24(21)31)13-15-34(32,33)14-12-18-6-4-3-5-7-18/h3-11,16-17,26H,12-15H2,1-2H3,(H,28,30). The van der Waals surface area contributed by atoms with Gasteiger partial charge in [-0.05, 0) is 50.2 Å². The fourth-order valence-corrected chi connectivity index (χ4v) is 4.45. The molecule has 1 unspecified atom stereocenters. The molecular formula is C24H27FN4O4S. The molecule has 0 aliphatic heterocycles. The molecule has 0 fully saturated rings. The van der Waals surface area contributed by atoms with Crippen molar-refractivity contribution in [2.75, 3.05) is 23.9 Å². The van der Waals surface area contributed by atoms with Crippen LogP contribution in [0.4, 0.5) is 10.1 Å². The molecule has 0 radical (unpaired) electrons. The quantitative estimate of drug-likeness (QED) is 0.455. The molecule has 0 saturated carbocycles. The molecule has 0 saturated heterocycles. The van der Waals surface area contributed by atoms with Crippen LogP contribution >= 0.6 is 0 Å². The van der Waals surface area contributed by atoms with Gasteiger partial charge in [-0.3, -0.25) is 14.2 Å².